The molecule has 0 amide bonds. The number of fused-ring (bicyclic) bond motifs is 10. The van der Waals surface area contributed by atoms with Gasteiger partial charge in [-0.1, -0.05) is 51.7 Å². The molecule has 3 heteroatoms. The first kappa shape index (κ1) is 35.8. The topological polar surface area (TPSA) is 9.23 Å². The summed E-state index contributed by atoms with van der Waals surface area (Å²) in [5.74, 6) is 10.4. The van der Waals surface area contributed by atoms with Gasteiger partial charge in [-0.25, -0.2) is 8.78 Å². The Hall–Kier alpha value is -2.60. The summed E-state index contributed by atoms with van der Waals surface area (Å²) in [5.41, 5.74) is 8.98. The van der Waals surface area contributed by atoms with Crippen LogP contribution in [0.15, 0.2) is 35.9 Å². The van der Waals surface area contributed by atoms with Crippen LogP contribution in [0.2, 0.25) is 0 Å². The molecular weight excluding hydrogens is 619 g/mol. The van der Waals surface area contributed by atoms with E-state index in [1.54, 1.807) is 24.6 Å². The van der Waals surface area contributed by atoms with E-state index in [4.69, 9.17) is 4.74 Å². The van der Waals surface area contributed by atoms with Gasteiger partial charge in [0, 0.05) is 0 Å². The molecule has 0 N–H and O–H groups in total. The average Bonchev–Trinajstić information content (AvgIpc) is 3.58. The van der Waals surface area contributed by atoms with Gasteiger partial charge in [0.15, 0.2) is 11.6 Å². The highest BCUT2D eigenvalue weighted by atomic mass is 19.1. The van der Waals surface area contributed by atoms with E-state index in [1.807, 2.05) is 13.0 Å². The van der Waals surface area contributed by atoms with E-state index in [0.717, 1.165) is 36.5 Å². The van der Waals surface area contributed by atoms with E-state index >= 15 is 0 Å². The van der Waals surface area contributed by atoms with Gasteiger partial charge in [0.05, 0.1) is 12.2 Å². The fraction of sp³-hybridized carbons (Fsp3) is 0.660. The minimum Gasteiger partial charge on any atom is -0.491 e. The highest BCUT2D eigenvalue weighted by Gasteiger charge is 2.59. The Kier molecular flexibility index (Phi) is 9.84. The summed E-state index contributed by atoms with van der Waals surface area (Å²) in [5, 5.41) is 0. The lowest BCUT2D eigenvalue weighted by Gasteiger charge is -2.54. The number of hydrogen-bond acceptors (Lipinski definition) is 1. The summed E-state index contributed by atoms with van der Waals surface area (Å²) in [7, 11) is 0. The van der Waals surface area contributed by atoms with Crippen LogP contribution >= 0.6 is 0 Å². The molecule has 0 saturated heterocycles. The van der Waals surface area contributed by atoms with Crippen molar-refractivity contribution < 1.29 is 13.5 Å². The van der Waals surface area contributed by atoms with E-state index in [1.165, 1.54) is 99.3 Å². The lowest BCUT2D eigenvalue weighted by molar-refractivity contribution is -0.0224. The van der Waals surface area contributed by atoms with Crippen LogP contribution in [0.5, 0.6) is 5.75 Å². The third-order valence-corrected chi connectivity index (χ3v) is 15.9. The molecule has 0 spiro atoms. The van der Waals surface area contributed by atoms with Gasteiger partial charge < -0.3 is 4.74 Å². The largest absolute Gasteiger partial charge is 0.491 e. The molecule has 6 aliphatic carbocycles. The molecule has 8 unspecified atom stereocenters. The zero-order chi connectivity index (χ0) is 35.4. The van der Waals surface area contributed by atoms with Crippen LogP contribution in [0.4, 0.5) is 8.78 Å². The fourth-order valence-corrected chi connectivity index (χ4v) is 13.3. The zero-order valence-corrected chi connectivity index (χ0v) is 32.1. The van der Waals surface area contributed by atoms with Gasteiger partial charge in [0.25, 0.3) is 0 Å². The van der Waals surface area contributed by atoms with Crippen LogP contribution in [-0.2, 0) is 12.8 Å². The van der Waals surface area contributed by atoms with E-state index in [-0.39, 0.29) is 11.6 Å². The number of aryl methyl sites for hydroxylation is 2. The predicted molar refractivity (Wildman–Crippen MR) is 203 cm³/mol. The van der Waals surface area contributed by atoms with Crippen LogP contribution in [0.25, 0.3) is 0 Å². The third-order valence-electron chi connectivity index (χ3n) is 15.9. The predicted octanol–water partition coefficient (Wildman–Crippen LogP) is 12.9. The van der Waals surface area contributed by atoms with E-state index in [0.29, 0.717) is 46.0 Å². The van der Waals surface area contributed by atoms with Gasteiger partial charge in [-0.05, 0) is 203 Å². The molecule has 2 aromatic carbocycles. The van der Waals surface area contributed by atoms with Crippen LogP contribution in [0.3, 0.4) is 0 Å². The van der Waals surface area contributed by atoms with E-state index < -0.39 is 0 Å². The number of halogens is 2. The first-order chi connectivity index (χ1) is 24.0. The number of rotatable bonds is 4. The molecule has 0 radical (unpaired) electrons. The molecule has 0 heterocycles. The summed E-state index contributed by atoms with van der Waals surface area (Å²) in [6, 6.07) is 7.66. The molecule has 6 aliphatic rings. The summed E-state index contributed by atoms with van der Waals surface area (Å²) in [6.45, 7) is 16.5. The van der Waals surface area contributed by atoms with E-state index in [9.17, 15) is 8.78 Å². The zero-order valence-electron chi connectivity index (χ0n) is 32.1. The fourth-order valence-electron chi connectivity index (χ4n) is 13.3. The van der Waals surface area contributed by atoms with Crippen molar-refractivity contribution in [2.75, 3.05) is 6.61 Å². The van der Waals surface area contributed by atoms with Gasteiger partial charge in [-0.2, -0.15) is 0 Å². The Morgan fingerprint density at radius 2 is 1.44 bits per heavy atom. The Morgan fingerprint density at radius 1 is 0.780 bits per heavy atom. The normalized spacial score (nSPS) is 37.1. The maximum atomic E-state index is 14.3. The van der Waals surface area contributed by atoms with Crippen molar-refractivity contribution >= 4 is 0 Å². The van der Waals surface area contributed by atoms with Gasteiger partial charge >= 0.3 is 0 Å². The van der Waals surface area contributed by atoms with Crippen LogP contribution in [0, 0.1) is 63.4 Å². The molecule has 8 rings (SSSR count). The molecule has 4 fully saturated rings. The average molecular weight is 681 g/mol. The second-order valence-electron chi connectivity index (χ2n) is 17.8. The Morgan fingerprint density at radius 3 is 2.10 bits per heavy atom. The summed E-state index contributed by atoms with van der Waals surface area (Å²) >= 11 is 0. The Balaban J connectivity index is 0.000000157. The highest BCUT2D eigenvalue weighted by Crippen LogP contribution is 2.69. The molecule has 0 aromatic heterocycles. The van der Waals surface area contributed by atoms with Crippen LogP contribution < -0.4 is 4.74 Å². The molecule has 9 atom stereocenters. The molecule has 0 aliphatic heterocycles. The molecule has 2 aromatic rings. The highest BCUT2D eigenvalue weighted by molar-refractivity contribution is 5.46. The number of benzene rings is 2. The molecule has 4 saturated carbocycles. The van der Waals surface area contributed by atoms with Crippen molar-refractivity contribution in [1.82, 2.24) is 0 Å². The number of ether oxygens (including phenoxy) is 1. The molecule has 50 heavy (non-hydrogen) atoms. The number of allylic oxidation sites excluding steroid dienone is 2. The maximum Gasteiger partial charge on any atom is 0.165 e. The van der Waals surface area contributed by atoms with Crippen LogP contribution in [-0.4, -0.2) is 6.61 Å². The van der Waals surface area contributed by atoms with Gasteiger partial charge in [-0.3, -0.25) is 0 Å². The van der Waals surface area contributed by atoms with Crippen LogP contribution in [0.1, 0.15) is 165 Å². The van der Waals surface area contributed by atoms with Crippen molar-refractivity contribution in [3.63, 3.8) is 0 Å². The third kappa shape index (κ3) is 5.69. The van der Waals surface area contributed by atoms with Crippen molar-refractivity contribution in [3.05, 3.63) is 75.4 Å². The minimum atomic E-state index is -0.180. The number of hydrogen-bond donors (Lipinski definition) is 0. The lowest BCUT2D eigenvalue weighted by atomic mass is 9.50. The minimum absolute atomic E-state index is 0.140. The smallest absolute Gasteiger partial charge is 0.165 e. The first-order valence-corrected chi connectivity index (χ1v) is 20.4. The molecule has 270 valence electrons. The molecule has 0 bridgehead atoms. The van der Waals surface area contributed by atoms with Crippen molar-refractivity contribution in [2.24, 2.45) is 39.9 Å². The summed E-state index contributed by atoms with van der Waals surface area (Å²) in [6.07, 6.45) is 20.1. The van der Waals surface area contributed by atoms with Crippen molar-refractivity contribution in [1.29, 1.82) is 0 Å². The first-order valence-electron chi connectivity index (χ1n) is 20.4. The Bertz CT molecular complexity index is 1690. The second kappa shape index (κ2) is 13.7. The second-order valence-corrected chi connectivity index (χ2v) is 17.8. The summed E-state index contributed by atoms with van der Waals surface area (Å²) < 4.78 is 34.2. The molecule has 1 nitrogen and oxygen atoms in total. The van der Waals surface area contributed by atoms with Crippen molar-refractivity contribution in [3.8, 4) is 17.6 Å². The standard InChI is InChI=1S/C24H35FO.C23H27F/c1-5-11-23(3)12-10-20-18-8-7-16-14-21(25)22(26-6-2)15-19(16)17(18)9-13-24(20,23)4;1-4-6-16-13-20-15(14-22(16)24)7-9-19-18(20)11-12-23(3)17(5-2)8-10-21(19)23/h14-15,17-18,20H,5-13H2,1-4H3;5,13-14,18-19,21H,7-12H2,1-3H3/b;17-5-/t;18?,19?,21?,23-/m.1/s1. The summed E-state index contributed by atoms with van der Waals surface area (Å²) in [4.78, 5) is 0. The lowest BCUT2D eigenvalue weighted by Crippen LogP contribution is -2.46. The SMILES string of the molecule is CC#Cc1cc2c(cc1F)CCC1C2CC[C@]2(C)/C(=C\C)CCC12.CCCC1(C)CCC2C3CCc4cc(F)c(OCC)cc4C3CCC21C. The van der Waals surface area contributed by atoms with E-state index in [2.05, 4.69) is 58.6 Å². The maximum absolute atomic E-state index is 14.3. The molecular formula is C47H62F2O. The quantitative estimate of drug-likeness (QED) is 0.231. The Labute approximate surface area is 302 Å². The van der Waals surface area contributed by atoms with Gasteiger partial charge in [0.1, 0.15) is 5.82 Å². The monoisotopic (exact) mass is 680 g/mol. The van der Waals surface area contributed by atoms with Crippen molar-refractivity contribution in [2.45, 2.75) is 150 Å². The van der Waals surface area contributed by atoms with Gasteiger partial charge in [0.2, 0.25) is 0 Å². The van der Waals surface area contributed by atoms with Gasteiger partial charge in [-0.15, -0.1) is 5.92 Å².